The summed E-state index contributed by atoms with van der Waals surface area (Å²) in [7, 11) is -4.20. The smallest absolute Gasteiger partial charge is 0.264 e. The molecule has 7 nitrogen and oxygen atoms in total. The van der Waals surface area contributed by atoms with E-state index in [1.807, 2.05) is 37.3 Å². The maximum absolute atomic E-state index is 14.5. The lowest BCUT2D eigenvalue weighted by Gasteiger charge is -2.34. The first-order chi connectivity index (χ1) is 21.6. The van der Waals surface area contributed by atoms with Crippen LogP contribution in [0.5, 0.6) is 0 Å². The van der Waals surface area contributed by atoms with Gasteiger partial charge < -0.3 is 10.2 Å². The normalized spacial score (nSPS) is 11.9. The summed E-state index contributed by atoms with van der Waals surface area (Å²) in [5.74, 6) is -0.958. The van der Waals surface area contributed by atoms with Crippen molar-refractivity contribution in [3.05, 3.63) is 129 Å². The van der Waals surface area contributed by atoms with E-state index in [4.69, 9.17) is 23.2 Å². The number of sulfonamides is 1. The van der Waals surface area contributed by atoms with Gasteiger partial charge in [0.25, 0.3) is 10.0 Å². The van der Waals surface area contributed by atoms with Gasteiger partial charge in [-0.1, -0.05) is 113 Å². The Morgan fingerprint density at radius 2 is 1.49 bits per heavy atom. The lowest BCUT2D eigenvalue weighted by Crippen LogP contribution is -2.53. The van der Waals surface area contributed by atoms with Crippen molar-refractivity contribution < 1.29 is 18.0 Å². The molecule has 45 heavy (non-hydrogen) atoms. The number of benzene rings is 4. The zero-order valence-corrected chi connectivity index (χ0v) is 28.6. The largest absolute Gasteiger partial charge is 0.354 e. The molecule has 1 N–H and O–H groups in total. The number of hydrogen-bond acceptors (Lipinski definition) is 4. The first-order valence-electron chi connectivity index (χ1n) is 14.5. The van der Waals surface area contributed by atoms with Gasteiger partial charge in [-0.2, -0.15) is 0 Å². The maximum Gasteiger partial charge on any atom is 0.264 e. The average molecular weight is 732 g/mol. The summed E-state index contributed by atoms with van der Waals surface area (Å²) < 4.78 is 29.8. The van der Waals surface area contributed by atoms with Crippen LogP contribution in [-0.4, -0.2) is 44.3 Å². The van der Waals surface area contributed by atoms with Gasteiger partial charge in [0.05, 0.1) is 10.6 Å². The third kappa shape index (κ3) is 9.10. The minimum atomic E-state index is -4.20. The molecule has 0 aromatic heterocycles. The van der Waals surface area contributed by atoms with E-state index in [1.54, 1.807) is 60.7 Å². The molecule has 1 atom stereocenters. The van der Waals surface area contributed by atoms with Crippen molar-refractivity contribution in [2.24, 2.45) is 0 Å². The van der Waals surface area contributed by atoms with Gasteiger partial charge in [0.1, 0.15) is 12.6 Å². The van der Waals surface area contributed by atoms with Crippen LogP contribution in [-0.2, 0) is 32.6 Å². The average Bonchev–Trinajstić information content (AvgIpc) is 3.03. The van der Waals surface area contributed by atoms with E-state index in [2.05, 4.69) is 21.2 Å². The number of amides is 2. The van der Waals surface area contributed by atoms with Crippen molar-refractivity contribution in [1.29, 1.82) is 0 Å². The molecule has 0 fully saturated rings. The Hall–Kier alpha value is -3.37. The highest BCUT2D eigenvalue weighted by Gasteiger charge is 2.35. The van der Waals surface area contributed by atoms with Crippen LogP contribution >= 0.6 is 39.1 Å². The second kappa shape index (κ2) is 16.3. The molecule has 0 aliphatic carbocycles. The highest BCUT2D eigenvalue weighted by Crippen LogP contribution is 2.30. The van der Waals surface area contributed by atoms with Crippen molar-refractivity contribution in [2.75, 3.05) is 17.4 Å². The number of unbranched alkanes of at least 4 members (excludes halogenated alkanes) is 1. The van der Waals surface area contributed by atoms with Gasteiger partial charge in [0, 0.05) is 39.6 Å². The molecule has 0 bridgehead atoms. The van der Waals surface area contributed by atoms with Gasteiger partial charge in [0.2, 0.25) is 11.8 Å². The number of halogens is 3. The van der Waals surface area contributed by atoms with Crippen LogP contribution in [0.25, 0.3) is 0 Å². The quantitative estimate of drug-likeness (QED) is 0.136. The molecule has 4 aromatic carbocycles. The Kier molecular flexibility index (Phi) is 12.5. The molecule has 0 spiro atoms. The van der Waals surface area contributed by atoms with Crippen LogP contribution in [0.4, 0.5) is 5.69 Å². The molecule has 0 radical (unpaired) electrons. The number of carbonyl (C=O) groups is 2. The highest BCUT2D eigenvalue weighted by molar-refractivity contribution is 9.10. The molecule has 0 aliphatic heterocycles. The van der Waals surface area contributed by atoms with Crippen molar-refractivity contribution in [3.63, 3.8) is 0 Å². The third-order valence-electron chi connectivity index (χ3n) is 7.20. The zero-order chi connectivity index (χ0) is 32.4. The monoisotopic (exact) mass is 729 g/mol. The lowest BCUT2D eigenvalue weighted by atomic mass is 10.0. The Bertz CT molecular complexity index is 1690. The molecule has 0 saturated carbocycles. The second-order valence-electron chi connectivity index (χ2n) is 10.4. The fourth-order valence-corrected chi connectivity index (χ4v) is 7.12. The molecule has 0 saturated heterocycles. The second-order valence-corrected chi connectivity index (χ2v) is 14.0. The fourth-order valence-electron chi connectivity index (χ4n) is 4.79. The summed E-state index contributed by atoms with van der Waals surface area (Å²) in [6.07, 6.45) is 1.83. The number of anilines is 1. The molecule has 11 heteroatoms. The third-order valence-corrected chi connectivity index (χ3v) is 10.2. The van der Waals surface area contributed by atoms with Crippen LogP contribution < -0.4 is 9.62 Å². The molecule has 236 valence electrons. The van der Waals surface area contributed by atoms with E-state index in [1.165, 1.54) is 17.0 Å². The first-order valence-corrected chi connectivity index (χ1v) is 17.5. The molecule has 0 heterocycles. The lowest BCUT2D eigenvalue weighted by molar-refractivity contribution is -0.140. The van der Waals surface area contributed by atoms with Gasteiger partial charge in [-0.25, -0.2) is 8.42 Å². The van der Waals surface area contributed by atoms with Crippen molar-refractivity contribution >= 4 is 66.7 Å². The molecular formula is C34H34BrCl2N3O4S. The van der Waals surface area contributed by atoms with Gasteiger partial charge in [0.15, 0.2) is 0 Å². The van der Waals surface area contributed by atoms with Gasteiger partial charge >= 0.3 is 0 Å². The van der Waals surface area contributed by atoms with Crippen LogP contribution in [0, 0.1) is 0 Å². The number of nitrogens with zero attached hydrogens (tertiary/aromatic N) is 2. The van der Waals surface area contributed by atoms with Crippen LogP contribution in [0.2, 0.25) is 10.0 Å². The standard InChI is InChI=1S/C34H34BrCl2N3O4S/c1-2-3-20-38-34(42)32(21-25-12-6-4-7-13-25)39(23-29-30(36)18-11-19-31(29)37)33(41)24-40(27-15-10-14-26(35)22-27)45(43,44)28-16-8-5-9-17-28/h4-19,22,32H,2-3,20-21,23-24H2,1H3,(H,38,42)/t32-/m0/s1. The molecule has 4 rings (SSSR count). The SMILES string of the molecule is CCCCNC(=O)[C@H](Cc1ccccc1)N(Cc1c(Cl)cccc1Cl)C(=O)CN(c1cccc(Br)c1)S(=O)(=O)c1ccccc1. The van der Waals surface area contributed by atoms with E-state index in [-0.39, 0.29) is 29.5 Å². The number of nitrogens with one attached hydrogen (secondary N) is 1. The van der Waals surface area contributed by atoms with Crippen LogP contribution in [0.1, 0.15) is 30.9 Å². The van der Waals surface area contributed by atoms with Crippen molar-refractivity contribution in [3.8, 4) is 0 Å². The summed E-state index contributed by atoms with van der Waals surface area (Å²) in [5, 5.41) is 3.62. The summed E-state index contributed by atoms with van der Waals surface area (Å²) in [4.78, 5) is 29.8. The first kappa shape index (κ1) is 34.5. The summed E-state index contributed by atoms with van der Waals surface area (Å²) in [6.45, 7) is 1.76. The van der Waals surface area contributed by atoms with E-state index in [0.29, 0.717) is 26.6 Å². The topological polar surface area (TPSA) is 86.8 Å². The van der Waals surface area contributed by atoms with Crippen molar-refractivity contribution in [1.82, 2.24) is 10.2 Å². The predicted molar refractivity (Wildman–Crippen MR) is 184 cm³/mol. The van der Waals surface area contributed by atoms with Crippen LogP contribution in [0.3, 0.4) is 0 Å². The van der Waals surface area contributed by atoms with E-state index >= 15 is 0 Å². The molecule has 0 unspecified atom stereocenters. The number of hydrogen-bond donors (Lipinski definition) is 1. The molecule has 2 amide bonds. The zero-order valence-electron chi connectivity index (χ0n) is 24.7. The number of carbonyl (C=O) groups excluding carboxylic acids is 2. The van der Waals surface area contributed by atoms with E-state index in [0.717, 1.165) is 22.7 Å². The predicted octanol–water partition coefficient (Wildman–Crippen LogP) is 7.51. The number of rotatable bonds is 14. The van der Waals surface area contributed by atoms with E-state index in [9.17, 15) is 18.0 Å². The molecule has 0 aliphatic rings. The highest BCUT2D eigenvalue weighted by atomic mass is 79.9. The van der Waals surface area contributed by atoms with Gasteiger partial charge in [-0.3, -0.25) is 13.9 Å². The Morgan fingerprint density at radius 1 is 0.867 bits per heavy atom. The Morgan fingerprint density at radius 3 is 2.11 bits per heavy atom. The van der Waals surface area contributed by atoms with E-state index < -0.39 is 28.5 Å². The molecular weight excluding hydrogens is 697 g/mol. The Labute approximate surface area is 283 Å². The summed E-state index contributed by atoms with van der Waals surface area (Å²) >= 11 is 16.5. The van der Waals surface area contributed by atoms with Gasteiger partial charge in [-0.15, -0.1) is 0 Å². The molecule has 4 aromatic rings. The minimum absolute atomic E-state index is 0.0246. The minimum Gasteiger partial charge on any atom is -0.354 e. The van der Waals surface area contributed by atoms with Crippen LogP contribution in [0.15, 0.2) is 112 Å². The van der Waals surface area contributed by atoms with Gasteiger partial charge in [-0.05, 0) is 54.4 Å². The maximum atomic E-state index is 14.5. The summed E-state index contributed by atoms with van der Waals surface area (Å²) in [5.41, 5.74) is 1.56. The van der Waals surface area contributed by atoms with Crippen molar-refractivity contribution in [2.45, 2.75) is 43.7 Å². The fraction of sp³-hybridized carbons (Fsp3) is 0.235. The summed E-state index contributed by atoms with van der Waals surface area (Å²) in [6, 6.07) is 28.0. The Balaban J connectivity index is 1.82.